The highest BCUT2D eigenvalue weighted by atomic mass is 16.5. The minimum Gasteiger partial charge on any atom is -0.497 e. The number of benzene rings is 1. The molecule has 0 N–H and O–H groups in total. The maximum absolute atomic E-state index is 11.8. The van der Waals surface area contributed by atoms with E-state index in [-0.39, 0.29) is 11.2 Å². The van der Waals surface area contributed by atoms with Crippen LogP contribution in [0, 0.1) is 0 Å². The van der Waals surface area contributed by atoms with Crippen molar-refractivity contribution in [3.63, 3.8) is 0 Å². The number of hydrogen-bond donors (Lipinski definition) is 0. The highest BCUT2D eigenvalue weighted by molar-refractivity contribution is 5.89. The van der Waals surface area contributed by atoms with Crippen molar-refractivity contribution in [3.8, 4) is 5.75 Å². The summed E-state index contributed by atoms with van der Waals surface area (Å²) in [5.74, 6) is -0.245. The number of carbonyl (C=O) groups is 1. The first-order valence-electron chi connectivity index (χ1n) is 4.86. The molecule has 2 aromatic rings. The van der Waals surface area contributed by atoms with Gasteiger partial charge in [0, 0.05) is 6.07 Å². The number of ether oxygens (including phenoxy) is 2. The number of esters is 1. The van der Waals surface area contributed by atoms with Gasteiger partial charge in [-0.05, 0) is 18.2 Å². The van der Waals surface area contributed by atoms with Gasteiger partial charge in [-0.1, -0.05) is 0 Å². The van der Waals surface area contributed by atoms with Crippen molar-refractivity contribution in [1.82, 2.24) is 0 Å². The van der Waals surface area contributed by atoms with E-state index in [0.29, 0.717) is 16.7 Å². The Morgan fingerprint density at radius 2 is 2.00 bits per heavy atom. The molecule has 0 bridgehead atoms. The van der Waals surface area contributed by atoms with Gasteiger partial charge in [0.05, 0.1) is 19.6 Å². The molecular formula is C12H10O5. The van der Waals surface area contributed by atoms with Crippen LogP contribution in [0.1, 0.15) is 10.6 Å². The van der Waals surface area contributed by atoms with E-state index in [1.165, 1.54) is 14.2 Å². The molecule has 0 amide bonds. The summed E-state index contributed by atoms with van der Waals surface area (Å²) in [5.41, 5.74) is 0.00394. The largest absolute Gasteiger partial charge is 0.497 e. The Kier molecular flexibility index (Phi) is 2.82. The molecule has 0 aliphatic carbocycles. The first-order chi connectivity index (χ1) is 8.15. The Hall–Kier alpha value is -2.30. The second-order valence-corrected chi connectivity index (χ2v) is 3.33. The first kappa shape index (κ1) is 11.2. The quantitative estimate of drug-likeness (QED) is 0.738. The SMILES string of the molecule is COC(=O)c1cc(=O)c2cc(OC)ccc2o1. The normalized spacial score (nSPS) is 10.2. The van der Waals surface area contributed by atoms with Gasteiger partial charge in [0.15, 0.2) is 5.43 Å². The van der Waals surface area contributed by atoms with Crippen LogP contribution in [0.3, 0.4) is 0 Å². The molecule has 0 radical (unpaired) electrons. The first-order valence-corrected chi connectivity index (χ1v) is 4.86. The van der Waals surface area contributed by atoms with Crippen molar-refractivity contribution in [2.75, 3.05) is 14.2 Å². The third-order valence-electron chi connectivity index (χ3n) is 2.32. The van der Waals surface area contributed by atoms with E-state index >= 15 is 0 Å². The van der Waals surface area contributed by atoms with Crippen LogP contribution in [0.2, 0.25) is 0 Å². The average molecular weight is 234 g/mol. The van der Waals surface area contributed by atoms with Gasteiger partial charge in [-0.15, -0.1) is 0 Å². The molecule has 17 heavy (non-hydrogen) atoms. The van der Waals surface area contributed by atoms with Crippen LogP contribution in [0.15, 0.2) is 33.5 Å². The van der Waals surface area contributed by atoms with Crippen LogP contribution in [-0.2, 0) is 4.74 Å². The van der Waals surface area contributed by atoms with Crippen LogP contribution in [-0.4, -0.2) is 20.2 Å². The molecule has 0 spiro atoms. The zero-order valence-corrected chi connectivity index (χ0v) is 9.35. The molecule has 1 aromatic heterocycles. The van der Waals surface area contributed by atoms with E-state index in [1.54, 1.807) is 18.2 Å². The zero-order valence-electron chi connectivity index (χ0n) is 9.35. The summed E-state index contributed by atoms with van der Waals surface area (Å²) in [6.07, 6.45) is 0. The second-order valence-electron chi connectivity index (χ2n) is 3.33. The van der Waals surface area contributed by atoms with Crippen molar-refractivity contribution in [2.45, 2.75) is 0 Å². The summed E-state index contributed by atoms with van der Waals surface area (Å²) in [7, 11) is 2.73. The van der Waals surface area contributed by atoms with Crippen molar-refractivity contribution >= 4 is 16.9 Å². The maximum atomic E-state index is 11.8. The van der Waals surface area contributed by atoms with Crippen LogP contribution in [0.4, 0.5) is 0 Å². The molecule has 5 nitrogen and oxygen atoms in total. The molecule has 1 aromatic carbocycles. The monoisotopic (exact) mass is 234 g/mol. The van der Waals surface area contributed by atoms with Gasteiger partial charge in [0.1, 0.15) is 11.3 Å². The summed E-state index contributed by atoms with van der Waals surface area (Å²) in [6.45, 7) is 0. The van der Waals surface area contributed by atoms with E-state index in [0.717, 1.165) is 6.07 Å². The molecule has 0 aliphatic heterocycles. The minimum absolute atomic E-state index is 0.116. The lowest BCUT2D eigenvalue weighted by molar-refractivity contribution is 0.0565. The summed E-state index contributed by atoms with van der Waals surface area (Å²) in [4.78, 5) is 23.0. The zero-order chi connectivity index (χ0) is 12.4. The third-order valence-corrected chi connectivity index (χ3v) is 2.32. The van der Waals surface area contributed by atoms with Gasteiger partial charge in [0.2, 0.25) is 5.76 Å². The number of methoxy groups -OCH3 is 2. The lowest BCUT2D eigenvalue weighted by Gasteiger charge is -2.03. The Labute approximate surface area is 96.6 Å². The molecule has 2 rings (SSSR count). The molecule has 0 saturated heterocycles. The van der Waals surface area contributed by atoms with Crippen LogP contribution in [0.5, 0.6) is 5.75 Å². The third kappa shape index (κ3) is 1.99. The lowest BCUT2D eigenvalue weighted by atomic mass is 10.2. The van der Waals surface area contributed by atoms with Gasteiger partial charge < -0.3 is 13.9 Å². The predicted molar refractivity (Wildman–Crippen MR) is 60.4 cm³/mol. The summed E-state index contributed by atoms with van der Waals surface area (Å²) in [5, 5.41) is 0.358. The molecule has 88 valence electrons. The van der Waals surface area contributed by atoms with Crippen molar-refractivity contribution < 1.29 is 18.7 Å². The van der Waals surface area contributed by atoms with E-state index in [4.69, 9.17) is 9.15 Å². The number of fused-ring (bicyclic) bond motifs is 1. The molecule has 0 saturated carbocycles. The Morgan fingerprint density at radius 3 is 2.65 bits per heavy atom. The summed E-state index contributed by atoms with van der Waals surface area (Å²) < 4.78 is 14.8. The number of hydrogen-bond acceptors (Lipinski definition) is 5. The average Bonchev–Trinajstić information content (AvgIpc) is 2.37. The number of rotatable bonds is 2. The smallest absolute Gasteiger partial charge is 0.374 e. The summed E-state index contributed by atoms with van der Waals surface area (Å²) in [6, 6.07) is 5.88. The fourth-order valence-electron chi connectivity index (χ4n) is 1.46. The van der Waals surface area contributed by atoms with Crippen LogP contribution < -0.4 is 10.2 Å². The van der Waals surface area contributed by atoms with Crippen LogP contribution >= 0.6 is 0 Å². The van der Waals surface area contributed by atoms with Gasteiger partial charge in [0.25, 0.3) is 0 Å². The fraction of sp³-hybridized carbons (Fsp3) is 0.167. The van der Waals surface area contributed by atoms with Crippen molar-refractivity contribution in [3.05, 3.63) is 40.2 Å². The predicted octanol–water partition coefficient (Wildman–Crippen LogP) is 1.59. The van der Waals surface area contributed by atoms with Gasteiger partial charge in [-0.2, -0.15) is 0 Å². The number of carbonyl (C=O) groups excluding carboxylic acids is 1. The van der Waals surface area contributed by atoms with Gasteiger partial charge in [-0.25, -0.2) is 4.79 Å². The van der Waals surface area contributed by atoms with Gasteiger partial charge in [-0.3, -0.25) is 4.79 Å². The summed E-state index contributed by atoms with van der Waals surface area (Å²) >= 11 is 0. The molecule has 0 atom stereocenters. The molecule has 5 heteroatoms. The van der Waals surface area contributed by atoms with E-state index in [1.807, 2.05) is 0 Å². The lowest BCUT2D eigenvalue weighted by Crippen LogP contribution is -2.08. The molecule has 0 unspecified atom stereocenters. The maximum Gasteiger partial charge on any atom is 0.374 e. The standard InChI is InChI=1S/C12H10O5/c1-15-7-3-4-10-8(5-7)9(13)6-11(17-10)12(14)16-2/h3-6H,1-2H3. The Morgan fingerprint density at radius 1 is 1.24 bits per heavy atom. The van der Waals surface area contributed by atoms with Gasteiger partial charge >= 0.3 is 5.97 Å². The molecular weight excluding hydrogens is 224 g/mol. The highest BCUT2D eigenvalue weighted by Gasteiger charge is 2.12. The van der Waals surface area contributed by atoms with E-state index < -0.39 is 5.97 Å². The van der Waals surface area contributed by atoms with E-state index in [2.05, 4.69) is 4.74 Å². The van der Waals surface area contributed by atoms with E-state index in [9.17, 15) is 9.59 Å². The Balaban J connectivity index is 2.68. The fourth-order valence-corrected chi connectivity index (χ4v) is 1.46. The van der Waals surface area contributed by atoms with Crippen molar-refractivity contribution in [1.29, 1.82) is 0 Å². The second kappa shape index (κ2) is 4.29. The Bertz CT molecular complexity index is 626. The topological polar surface area (TPSA) is 65.7 Å². The molecule has 0 aliphatic rings. The molecule has 0 fully saturated rings. The highest BCUT2D eigenvalue weighted by Crippen LogP contribution is 2.19. The van der Waals surface area contributed by atoms with Crippen molar-refractivity contribution in [2.24, 2.45) is 0 Å². The molecule has 1 heterocycles. The van der Waals surface area contributed by atoms with Crippen LogP contribution in [0.25, 0.3) is 11.0 Å². The minimum atomic E-state index is -0.681.